The number of piperidine rings is 1. The van der Waals surface area contributed by atoms with Crippen LogP contribution in [0.2, 0.25) is 0 Å². The molecule has 2 bridgehead atoms. The summed E-state index contributed by atoms with van der Waals surface area (Å²) in [5.41, 5.74) is 6.06. The molecule has 3 rings (SSSR count). The first kappa shape index (κ1) is 18.3. The number of methoxy groups -OCH3 is 1. The lowest BCUT2D eigenvalue weighted by molar-refractivity contribution is 0.131. The second-order valence-electron chi connectivity index (χ2n) is 5.65. The van der Waals surface area contributed by atoms with Crippen molar-refractivity contribution in [3.05, 3.63) is 28.3 Å². The monoisotopic (exact) mass is 336 g/mol. The molecule has 2 aliphatic rings. The van der Waals surface area contributed by atoms with Gasteiger partial charge >= 0.3 is 0 Å². The number of hydrogen-bond acceptors (Lipinski definition) is 5. The summed E-state index contributed by atoms with van der Waals surface area (Å²) in [6.45, 7) is 2.69. The number of halogens is 2. The number of ether oxygens (including phenoxy) is 1. The molecule has 2 N–H and O–H groups in total. The Kier molecular flexibility index (Phi) is 6.53. The summed E-state index contributed by atoms with van der Waals surface area (Å²) in [6.07, 6.45) is 3.85. The van der Waals surface area contributed by atoms with Gasteiger partial charge in [-0.1, -0.05) is 0 Å². The van der Waals surface area contributed by atoms with Crippen LogP contribution in [0.25, 0.3) is 0 Å². The largest absolute Gasteiger partial charge is 0.490 e. The first-order valence-corrected chi connectivity index (χ1v) is 6.81. The zero-order chi connectivity index (χ0) is 13.4. The molecule has 3 atom stereocenters. The fourth-order valence-corrected chi connectivity index (χ4v) is 3.38. The van der Waals surface area contributed by atoms with Crippen molar-refractivity contribution in [3.8, 4) is 5.75 Å². The van der Waals surface area contributed by atoms with Gasteiger partial charge in [-0.25, -0.2) is 0 Å². The third kappa shape index (κ3) is 3.72. The molecule has 1 unspecified atom stereocenters. The van der Waals surface area contributed by atoms with Crippen LogP contribution in [0.1, 0.15) is 18.6 Å². The highest BCUT2D eigenvalue weighted by Crippen LogP contribution is 2.35. The Morgan fingerprint density at radius 2 is 1.95 bits per heavy atom. The quantitative estimate of drug-likeness (QED) is 0.909. The third-order valence-electron chi connectivity index (χ3n) is 4.43. The molecule has 120 valence electrons. The highest BCUT2D eigenvalue weighted by atomic mass is 35.5. The van der Waals surface area contributed by atoms with Gasteiger partial charge in [0.15, 0.2) is 0 Å². The number of nitrogens with zero attached hydrogens (tertiary/aromatic N) is 1. The van der Waals surface area contributed by atoms with Gasteiger partial charge in [-0.15, -0.1) is 24.8 Å². The predicted molar refractivity (Wildman–Crippen MR) is 85.5 cm³/mol. The maximum Gasteiger partial charge on any atom is 0.227 e. The Balaban J connectivity index is 0.00000110. The summed E-state index contributed by atoms with van der Waals surface area (Å²) in [6, 6.07) is 1.88. The minimum atomic E-state index is -0.125. The second-order valence-corrected chi connectivity index (χ2v) is 5.65. The van der Waals surface area contributed by atoms with Crippen LogP contribution < -0.4 is 15.9 Å². The number of likely N-dealkylation sites (tertiary alicyclic amines) is 1. The van der Waals surface area contributed by atoms with Crippen molar-refractivity contribution in [1.82, 2.24) is 4.90 Å². The van der Waals surface area contributed by atoms with E-state index < -0.39 is 0 Å². The van der Waals surface area contributed by atoms with Gasteiger partial charge in [0.05, 0.1) is 13.7 Å². The molecule has 1 aromatic rings. The highest BCUT2D eigenvalue weighted by molar-refractivity contribution is 5.85. The normalized spacial score (nSPS) is 27.6. The van der Waals surface area contributed by atoms with Crippen molar-refractivity contribution < 1.29 is 9.15 Å². The summed E-state index contributed by atoms with van der Waals surface area (Å²) in [5, 5.41) is 0. The van der Waals surface area contributed by atoms with Crippen LogP contribution in [0, 0.1) is 11.8 Å². The van der Waals surface area contributed by atoms with Gasteiger partial charge in [0, 0.05) is 25.2 Å². The van der Waals surface area contributed by atoms with Crippen LogP contribution in [0.4, 0.5) is 0 Å². The van der Waals surface area contributed by atoms with Crippen molar-refractivity contribution in [1.29, 1.82) is 0 Å². The van der Waals surface area contributed by atoms with Gasteiger partial charge in [0.25, 0.3) is 0 Å². The molecular weight excluding hydrogens is 315 g/mol. The maximum absolute atomic E-state index is 11.7. The third-order valence-corrected chi connectivity index (χ3v) is 4.43. The first-order valence-electron chi connectivity index (χ1n) is 6.81. The summed E-state index contributed by atoms with van der Waals surface area (Å²) in [4.78, 5) is 14.0. The van der Waals surface area contributed by atoms with Crippen LogP contribution in [0.5, 0.6) is 5.75 Å². The second kappa shape index (κ2) is 7.49. The summed E-state index contributed by atoms with van der Waals surface area (Å²) >= 11 is 0. The first-order chi connectivity index (χ1) is 9.17. The molecule has 0 spiro atoms. The van der Waals surface area contributed by atoms with Crippen LogP contribution in [-0.2, 0) is 6.54 Å². The molecule has 5 nitrogen and oxygen atoms in total. The van der Waals surface area contributed by atoms with Gasteiger partial charge in [-0.3, -0.25) is 9.69 Å². The lowest BCUT2D eigenvalue weighted by Crippen LogP contribution is -2.48. The van der Waals surface area contributed by atoms with Crippen molar-refractivity contribution in [3.63, 3.8) is 0 Å². The molecule has 2 fully saturated rings. The van der Waals surface area contributed by atoms with Crippen molar-refractivity contribution in [2.75, 3.05) is 20.2 Å². The van der Waals surface area contributed by atoms with Crippen LogP contribution >= 0.6 is 24.8 Å². The highest BCUT2D eigenvalue weighted by Gasteiger charge is 2.39. The Labute approximate surface area is 136 Å². The van der Waals surface area contributed by atoms with E-state index in [1.165, 1.54) is 32.3 Å². The van der Waals surface area contributed by atoms with Crippen LogP contribution in [0.15, 0.2) is 21.5 Å². The van der Waals surface area contributed by atoms with Gasteiger partial charge in [-0.2, -0.15) is 0 Å². The Bertz CT molecular complexity index is 509. The molecule has 0 amide bonds. The molecule has 0 aromatic carbocycles. The van der Waals surface area contributed by atoms with Crippen molar-refractivity contribution in [2.24, 2.45) is 17.6 Å². The van der Waals surface area contributed by atoms with E-state index in [0.717, 1.165) is 13.1 Å². The number of hydrogen-bond donors (Lipinski definition) is 1. The van der Waals surface area contributed by atoms with E-state index in [0.29, 0.717) is 30.2 Å². The van der Waals surface area contributed by atoms with Gasteiger partial charge in [0.1, 0.15) is 12.0 Å². The van der Waals surface area contributed by atoms with E-state index in [1.54, 1.807) is 0 Å². The summed E-state index contributed by atoms with van der Waals surface area (Å²) in [7, 11) is 1.47. The predicted octanol–water partition coefficient (Wildman–Crippen LogP) is 1.66. The number of rotatable bonds is 3. The Morgan fingerprint density at radius 1 is 1.33 bits per heavy atom. The fraction of sp³-hybridized carbons (Fsp3) is 0.643. The summed E-state index contributed by atoms with van der Waals surface area (Å²) in [5.74, 6) is 2.15. The Hall–Kier alpha value is -0.750. The molecular formula is C14H22Cl2N2O3. The van der Waals surface area contributed by atoms with E-state index in [-0.39, 0.29) is 36.0 Å². The maximum atomic E-state index is 11.7. The molecule has 1 aliphatic heterocycles. The minimum Gasteiger partial charge on any atom is -0.490 e. The SMILES string of the molecule is COc1coc(CN2C[C@H]3CC[C@@H](C2)C3N)cc1=O.Cl.Cl. The lowest BCUT2D eigenvalue weighted by Gasteiger charge is -2.35. The zero-order valence-electron chi connectivity index (χ0n) is 12.0. The fourth-order valence-electron chi connectivity index (χ4n) is 3.38. The number of nitrogens with two attached hydrogens (primary N) is 1. The topological polar surface area (TPSA) is 68.7 Å². The van der Waals surface area contributed by atoms with Gasteiger partial charge < -0.3 is 14.9 Å². The van der Waals surface area contributed by atoms with E-state index in [4.69, 9.17) is 14.9 Å². The van der Waals surface area contributed by atoms with E-state index in [1.807, 2.05) is 0 Å². The molecule has 1 aromatic heterocycles. The number of fused-ring (bicyclic) bond motifs is 2. The lowest BCUT2D eigenvalue weighted by atomic mass is 9.93. The smallest absolute Gasteiger partial charge is 0.227 e. The standard InChI is InChI=1S/C14H20N2O3.2ClH/c1-18-13-8-19-11(4-12(13)17)7-16-5-9-2-3-10(6-16)14(9)15;;/h4,8-10,14H,2-3,5-7,15H2,1H3;2*1H/t9-,10+,14?;;. The molecule has 7 heteroatoms. The van der Waals surface area contributed by atoms with Crippen LogP contribution in [0.3, 0.4) is 0 Å². The molecule has 0 radical (unpaired) electrons. The van der Waals surface area contributed by atoms with Gasteiger partial charge in [0.2, 0.25) is 11.2 Å². The summed E-state index contributed by atoms with van der Waals surface area (Å²) < 4.78 is 10.4. The van der Waals surface area contributed by atoms with E-state index in [2.05, 4.69) is 4.90 Å². The van der Waals surface area contributed by atoms with E-state index >= 15 is 0 Å². The average molecular weight is 337 g/mol. The van der Waals surface area contributed by atoms with Crippen molar-refractivity contribution in [2.45, 2.75) is 25.4 Å². The van der Waals surface area contributed by atoms with Crippen LogP contribution in [-0.4, -0.2) is 31.1 Å². The molecule has 2 heterocycles. The minimum absolute atomic E-state index is 0. The van der Waals surface area contributed by atoms with Crippen molar-refractivity contribution >= 4 is 24.8 Å². The zero-order valence-corrected chi connectivity index (χ0v) is 13.6. The molecule has 1 aliphatic carbocycles. The molecule has 1 saturated carbocycles. The van der Waals surface area contributed by atoms with Gasteiger partial charge in [-0.05, 0) is 24.7 Å². The van der Waals surface area contributed by atoms with E-state index in [9.17, 15) is 4.79 Å². The Morgan fingerprint density at radius 3 is 2.48 bits per heavy atom. The average Bonchev–Trinajstić information content (AvgIpc) is 2.63. The molecule has 21 heavy (non-hydrogen) atoms. The molecule has 1 saturated heterocycles.